The largest absolute Gasteiger partial charge is 0.488 e. The molecule has 5 rings (SSSR count). The van der Waals surface area contributed by atoms with Gasteiger partial charge in [0.2, 0.25) is 11.7 Å². The van der Waals surface area contributed by atoms with Crippen LogP contribution in [0.2, 0.25) is 0 Å². The zero-order valence-corrected chi connectivity index (χ0v) is 22.3. The molecule has 2 amide bonds. The lowest BCUT2D eigenvalue weighted by atomic mass is 10.0. The van der Waals surface area contributed by atoms with Crippen molar-refractivity contribution in [3.63, 3.8) is 0 Å². The Labute approximate surface area is 231 Å². The molecule has 3 heterocycles. The maximum Gasteiger partial charge on any atom is 0.256 e. The molecule has 3 aromatic rings. The number of aryl methyl sites for hydroxylation is 1. The number of ether oxygens (including phenoxy) is 1. The molecule has 0 saturated carbocycles. The number of anilines is 1. The first-order valence-electron chi connectivity index (χ1n) is 13.3. The van der Waals surface area contributed by atoms with Crippen LogP contribution in [0.3, 0.4) is 0 Å². The molecule has 1 aromatic heterocycles. The average molecular weight is 545 g/mol. The Balaban J connectivity index is 1.26. The van der Waals surface area contributed by atoms with E-state index in [1.54, 1.807) is 29.9 Å². The second-order valence-electron chi connectivity index (χ2n) is 10.1. The standard InChI is InChI=1S/C30H32N4O6/c1-33-15-22(12-26(33)27(37)17-36)32-29(38)10-19-5-4-6-20(9-19)18-40-28-13-25-24(11-21(28)16-35)30(39)34-8-3-2-7-23(34)14-31-25/h4-6,9,11-15,23,35-36H,2-3,7-8,10,16-18H2,1H3,(H,32,38)/t23-/m0/s1. The maximum absolute atomic E-state index is 13.2. The third-order valence-corrected chi connectivity index (χ3v) is 7.24. The van der Waals surface area contributed by atoms with Gasteiger partial charge in [-0.2, -0.15) is 0 Å². The number of nitrogens with zero attached hydrogens (tertiary/aromatic N) is 3. The van der Waals surface area contributed by atoms with Crippen LogP contribution in [0.15, 0.2) is 53.7 Å². The maximum atomic E-state index is 13.2. The Bertz CT molecular complexity index is 1480. The van der Waals surface area contributed by atoms with Crippen LogP contribution >= 0.6 is 0 Å². The highest BCUT2D eigenvalue weighted by Crippen LogP contribution is 2.34. The van der Waals surface area contributed by atoms with Crippen LogP contribution in [-0.4, -0.2) is 62.7 Å². The van der Waals surface area contributed by atoms with Gasteiger partial charge < -0.3 is 29.7 Å². The number of aliphatic hydroxyl groups excluding tert-OH is 2. The number of amides is 2. The minimum absolute atomic E-state index is 0.0116. The first-order valence-corrected chi connectivity index (χ1v) is 13.3. The molecule has 0 spiro atoms. The number of hydrogen-bond donors (Lipinski definition) is 3. The number of carbonyl (C=O) groups is 3. The van der Waals surface area contributed by atoms with Gasteiger partial charge in [0, 0.05) is 37.6 Å². The number of aromatic nitrogens is 1. The molecule has 208 valence electrons. The van der Waals surface area contributed by atoms with E-state index in [0.29, 0.717) is 40.5 Å². The van der Waals surface area contributed by atoms with E-state index in [1.807, 2.05) is 35.4 Å². The molecule has 10 heteroatoms. The summed E-state index contributed by atoms with van der Waals surface area (Å²) in [5.74, 6) is -0.301. The Morgan fingerprint density at radius 2 is 1.95 bits per heavy atom. The fourth-order valence-corrected chi connectivity index (χ4v) is 5.21. The van der Waals surface area contributed by atoms with Crippen molar-refractivity contribution in [1.29, 1.82) is 0 Å². The summed E-state index contributed by atoms with van der Waals surface area (Å²) in [4.78, 5) is 44.1. The van der Waals surface area contributed by atoms with Gasteiger partial charge in [-0.15, -0.1) is 0 Å². The third kappa shape index (κ3) is 5.83. The summed E-state index contributed by atoms with van der Waals surface area (Å²) < 4.78 is 7.62. The van der Waals surface area contributed by atoms with E-state index in [-0.39, 0.29) is 37.5 Å². The van der Waals surface area contributed by atoms with Crippen molar-refractivity contribution in [2.75, 3.05) is 18.5 Å². The van der Waals surface area contributed by atoms with E-state index in [0.717, 1.165) is 30.4 Å². The number of hydrogen-bond acceptors (Lipinski definition) is 7. The van der Waals surface area contributed by atoms with Crippen molar-refractivity contribution >= 4 is 35.2 Å². The monoisotopic (exact) mass is 544 g/mol. The van der Waals surface area contributed by atoms with Crippen molar-refractivity contribution in [3.8, 4) is 5.75 Å². The highest BCUT2D eigenvalue weighted by atomic mass is 16.5. The van der Waals surface area contributed by atoms with Gasteiger partial charge in [-0.25, -0.2) is 0 Å². The highest BCUT2D eigenvalue weighted by Gasteiger charge is 2.30. The first kappa shape index (κ1) is 27.3. The lowest BCUT2D eigenvalue weighted by molar-refractivity contribution is -0.115. The van der Waals surface area contributed by atoms with E-state index in [4.69, 9.17) is 9.84 Å². The summed E-state index contributed by atoms with van der Waals surface area (Å²) in [6.45, 7) is 0.00882. The number of piperidine rings is 1. The van der Waals surface area contributed by atoms with Crippen molar-refractivity contribution in [1.82, 2.24) is 9.47 Å². The zero-order chi connectivity index (χ0) is 28.2. The Morgan fingerprint density at radius 1 is 1.12 bits per heavy atom. The Hall–Kier alpha value is -4.28. The Morgan fingerprint density at radius 3 is 2.75 bits per heavy atom. The molecule has 40 heavy (non-hydrogen) atoms. The first-order chi connectivity index (χ1) is 19.4. The molecule has 1 saturated heterocycles. The number of fused-ring (bicyclic) bond motifs is 2. The topological polar surface area (TPSA) is 133 Å². The molecule has 0 aliphatic carbocycles. The second-order valence-corrected chi connectivity index (χ2v) is 10.1. The number of aliphatic imine (C=N–C) groups is 1. The highest BCUT2D eigenvalue weighted by molar-refractivity contribution is 6.03. The summed E-state index contributed by atoms with van der Waals surface area (Å²) in [6, 6.07) is 12.3. The zero-order valence-electron chi connectivity index (χ0n) is 22.3. The lowest BCUT2D eigenvalue weighted by Crippen LogP contribution is -2.43. The number of rotatable bonds is 9. The number of ketones is 1. The van der Waals surface area contributed by atoms with Gasteiger partial charge in [0.1, 0.15) is 19.0 Å². The van der Waals surface area contributed by atoms with Crippen LogP contribution in [0.25, 0.3) is 0 Å². The smallest absolute Gasteiger partial charge is 0.256 e. The molecule has 3 N–H and O–H groups in total. The number of carbonyl (C=O) groups excluding carboxylic acids is 3. The van der Waals surface area contributed by atoms with E-state index < -0.39 is 12.4 Å². The molecule has 1 atom stereocenters. The summed E-state index contributed by atoms with van der Waals surface area (Å²) in [5, 5.41) is 21.9. The Kier molecular flexibility index (Phi) is 8.09. The summed E-state index contributed by atoms with van der Waals surface area (Å²) in [6.07, 6.45) is 6.49. The SMILES string of the molecule is Cn1cc(NC(=O)Cc2cccc(COc3cc4c(cc3CO)C(=O)N3CCCC[C@H]3C=N4)c2)cc1C(=O)CO. The van der Waals surface area contributed by atoms with Crippen molar-refractivity contribution in [2.45, 2.75) is 44.9 Å². The minimum atomic E-state index is -0.601. The van der Waals surface area contributed by atoms with E-state index in [1.165, 1.54) is 6.07 Å². The minimum Gasteiger partial charge on any atom is -0.488 e. The molecule has 0 unspecified atom stereocenters. The van der Waals surface area contributed by atoms with Crippen LogP contribution < -0.4 is 10.1 Å². The van der Waals surface area contributed by atoms with E-state index in [2.05, 4.69) is 10.3 Å². The van der Waals surface area contributed by atoms with Crippen molar-refractivity contribution in [3.05, 3.63) is 76.6 Å². The molecular formula is C30H32N4O6. The number of benzene rings is 2. The summed E-state index contributed by atoms with van der Waals surface area (Å²) >= 11 is 0. The van der Waals surface area contributed by atoms with E-state index >= 15 is 0 Å². The molecule has 2 aromatic carbocycles. The van der Waals surface area contributed by atoms with E-state index in [9.17, 15) is 19.5 Å². The van der Waals surface area contributed by atoms with Crippen LogP contribution in [0, 0.1) is 0 Å². The molecule has 2 aliphatic heterocycles. The van der Waals surface area contributed by atoms with Gasteiger partial charge in [-0.3, -0.25) is 19.4 Å². The second kappa shape index (κ2) is 11.8. The molecule has 0 radical (unpaired) electrons. The lowest BCUT2D eigenvalue weighted by Gasteiger charge is -2.32. The predicted molar refractivity (Wildman–Crippen MR) is 149 cm³/mol. The van der Waals surface area contributed by atoms with Crippen LogP contribution in [0.1, 0.15) is 56.8 Å². The molecular weight excluding hydrogens is 512 g/mol. The number of nitrogens with one attached hydrogen (secondary N) is 1. The summed E-state index contributed by atoms with van der Waals surface area (Å²) in [5.41, 5.74) is 3.89. The molecule has 2 aliphatic rings. The van der Waals surface area contributed by atoms with Crippen LogP contribution in [0.5, 0.6) is 5.75 Å². The quantitative estimate of drug-likeness (QED) is 0.355. The average Bonchev–Trinajstić information content (AvgIpc) is 3.26. The number of aliphatic hydroxyl groups is 2. The fraction of sp³-hybridized carbons (Fsp3) is 0.333. The normalized spacial score (nSPS) is 16.2. The fourth-order valence-electron chi connectivity index (χ4n) is 5.21. The number of Topliss-reactive ketones (excluding diaryl/α,β-unsaturated/α-hetero) is 1. The van der Waals surface area contributed by atoms with Gasteiger partial charge >= 0.3 is 0 Å². The molecule has 1 fully saturated rings. The third-order valence-electron chi connectivity index (χ3n) is 7.24. The van der Waals surface area contributed by atoms with Gasteiger partial charge in [0.05, 0.1) is 41.7 Å². The van der Waals surface area contributed by atoms with Crippen molar-refractivity contribution in [2.24, 2.45) is 12.0 Å². The summed E-state index contributed by atoms with van der Waals surface area (Å²) in [7, 11) is 1.67. The van der Waals surface area contributed by atoms with Gasteiger partial charge in [-0.05, 0) is 42.5 Å². The molecule has 10 nitrogen and oxygen atoms in total. The predicted octanol–water partition coefficient (Wildman–Crippen LogP) is 3.16. The van der Waals surface area contributed by atoms with Gasteiger partial charge in [-0.1, -0.05) is 24.3 Å². The van der Waals surface area contributed by atoms with Crippen LogP contribution in [0.4, 0.5) is 11.4 Å². The molecule has 0 bridgehead atoms. The van der Waals surface area contributed by atoms with Crippen LogP contribution in [-0.2, 0) is 31.5 Å². The van der Waals surface area contributed by atoms with Gasteiger partial charge in [0.15, 0.2) is 0 Å². The van der Waals surface area contributed by atoms with Crippen molar-refractivity contribution < 1.29 is 29.3 Å². The van der Waals surface area contributed by atoms with Gasteiger partial charge in [0.25, 0.3) is 5.91 Å².